The molecule has 0 aromatic heterocycles. The second-order valence-electron chi connectivity index (χ2n) is 4.70. The molecule has 0 bridgehead atoms. The Kier molecular flexibility index (Phi) is 2.00. The van der Waals surface area contributed by atoms with Gasteiger partial charge in [0.25, 0.3) is 0 Å². The number of carbonyl (C=O) groups is 1. The van der Waals surface area contributed by atoms with E-state index >= 15 is 0 Å². The average molecular weight is 221 g/mol. The molecule has 15 heavy (non-hydrogen) atoms. The summed E-state index contributed by atoms with van der Waals surface area (Å²) in [6, 6.07) is 0.595. The molecule has 0 aromatic carbocycles. The van der Waals surface area contributed by atoms with Gasteiger partial charge in [-0.3, -0.25) is 4.79 Å². The Morgan fingerprint density at radius 1 is 1.60 bits per heavy atom. The summed E-state index contributed by atoms with van der Waals surface area (Å²) in [6.45, 7) is 4.71. The monoisotopic (exact) mass is 221 g/mol. The molecule has 2 heterocycles. The van der Waals surface area contributed by atoms with Crippen LogP contribution in [0.1, 0.15) is 19.3 Å². The van der Waals surface area contributed by atoms with Crippen molar-refractivity contribution in [1.82, 2.24) is 4.90 Å². The van der Waals surface area contributed by atoms with Crippen molar-refractivity contribution >= 4 is 18.4 Å². The summed E-state index contributed by atoms with van der Waals surface area (Å²) < 4.78 is 0. The van der Waals surface area contributed by atoms with Crippen LogP contribution in [0.4, 0.5) is 0 Å². The summed E-state index contributed by atoms with van der Waals surface area (Å²) in [6.07, 6.45) is 4.93. The van der Waals surface area contributed by atoms with Crippen LogP contribution in [-0.4, -0.2) is 23.3 Å². The van der Waals surface area contributed by atoms with Gasteiger partial charge in [0.05, 0.1) is 4.91 Å². The van der Waals surface area contributed by atoms with Gasteiger partial charge >= 0.3 is 0 Å². The number of ketones is 1. The SMILES string of the molecule is C=CCC1C2CC2C2=C(S)C(=O)CCN21. The second kappa shape index (κ2) is 3.14. The van der Waals surface area contributed by atoms with Crippen molar-refractivity contribution in [3.05, 3.63) is 23.3 Å². The fraction of sp³-hybridized carbons (Fsp3) is 0.583. The van der Waals surface area contributed by atoms with Crippen LogP contribution < -0.4 is 0 Å². The first kappa shape index (κ1) is 9.52. The molecule has 3 heteroatoms. The molecule has 0 amide bonds. The van der Waals surface area contributed by atoms with Gasteiger partial charge in [-0.15, -0.1) is 19.2 Å². The first-order valence-corrected chi connectivity index (χ1v) is 6.02. The number of Topliss-reactive ketones (excluding diaryl/α,β-unsaturated/α-hetero) is 1. The van der Waals surface area contributed by atoms with Gasteiger partial charge in [-0.1, -0.05) is 6.08 Å². The minimum Gasteiger partial charge on any atom is -0.370 e. The van der Waals surface area contributed by atoms with Crippen molar-refractivity contribution < 1.29 is 4.79 Å². The van der Waals surface area contributed by atoms with Crippen LogP contribution >= 0.6 is 12.6 Å². The fourth-order valence-electron chi connectivity index (χ4n) is 3.13. The number of carbonyl (C=O) groups excluding carboxylic acids is 1. The zero-order valence-electron chi connectivity index (χ0n) is 8.65. The molecule has 0 aromatic rings. The molecular weight excluding hydrogens is 206 g/mol. The fourth-order valence-corrected chi connectivity index (χ4v) is 3.54. The van der Waals surface area contributed by atoms with Crippen LogP contribution in [0.5, 0.6) is 0 Å². The molecular formula is C12H15NOS. The number of hydrogen-bond acceptors (Lipinski definition) is 3. The lowest BCUT2D eigenvalue weighted by atomic mass is 10.1. The van der Waals surface area contributed by atoms with E-state index in [4.69, 9.17) is 0 Å². The molecule has 80 valence electrons. The first-order chi connectivity index (χ1) is 7.24. The van der Waals surface area contributed by atoms with Crippen LogP contribution in [0.3, 0.4) is 0 Å². The number of piperidine rings is 1. The lowest BCUT2D eigenvalue weighted by molar-refractivity contribution is -0.116. The van der Waals surface area contributed by atoms with E-state index in [1.807, 2.05) is 6.08 Å². The molecule has 0 radical (unpaired) electrons. The molecule has 1 saturated heterocycles. The Hall–Kier alpha value is -0.700. The number of hydrogen-bond donors (Lipinski definition) is 1. The van der Waals surface area contributed by atoms with Crippen molar-refractivity contribution in [3.63, 3.8) is 0 Å². The van der Waals surface area contributed by atoms with E-state index in [-0.39, 0.29) is 5.78 Å². The van der Waals surface area contributed by atoms with E-state index in [2.05, 4.69) is 24.1 Å². The smallest absolute Gasteiger partial charge is 0.172 e. The van der Waals surface area contributed by atoms with Gasteiger partial charge < -0.3 is 4.90 Å². The highest BCUT2D eigenvalue weighted by molar-refractivity contribution is 7.85. The van der Waals surface area contributed by atoms with Crippen molar-refractivity contribution in [1.29, 1.82) is 0 Å². The van der Waals surface area contributed by atoms with E-state index in [0.717, 1.165) is 23.8 Å². The van der Waals surface area contributed by atoms with E-state index in [1.165, 1.54) is 12.1 Å². The first-order valence-electron chi connectivity index (χ1n) is 5.58. The van der Waals surface area contributed by atoms with E-state index in [9.17, 15) is 4.79 Å². The molecule has 3 aliphatic rings. The summed E-state index contributed by atoms with van der Waals surface area (Å²) in [4.78, 5) is 14.7. The Balaban J connectivity index is 1.97. The zero-order valence-corrected chi connectivity index (χ0v) is 9.54. The quantitative estimate of drug-likeness (QED) is 0.568. The number of allylic oxidation sites excluding steroid dienone is 2. The second-order valence-corrected chi connectivity index (χ2v) is 5.15. The highest BCUT2D eigenvalue weighted by Crippen LogP contribution is 2.58. The Labute approximate surface area is 95.4 Å². The van der Waals surface area contributed by atoms with Crippen LogP contribution in [-0.2, 0) is 4.79 Å². The molecule has 3 atom stereocenters. The highest BCUT2D eigenvalue weighted by atomic mass is 32.1. The number of thiol groups is 1. The van der Waals surface area contributed by atoms with Gasteiger partial charge in [-0.25, -0.2) is 0 Å². The highest BCUT2D eigenvalue weighted by Gasteiger charge is 2.56. The van der Waals surface area contributed by atoms with Crippen molar-refractivity contribution in [2.24, 2.45) is 11.8 Å². The standard InChI is InChI=1S/C12H15NOS/c1-2-3-9-7-6-8(7)11-12(15)10(14)4-5-13(9)11/h2,7-9,15H,1,3-6H2. The number of rotatable bonds is 2. The predicted octanol–water partition coefficient (Wildman–Crippen LogP) is 2.00. The van der Waals surface area contributed by atoms with E-state index in [0.29, 0.717) is 18.4 Å². The normalized spacial score (nSPS) is 37.8. The Morgan fingerprint density at radius 3 is 3.13 bits per heavy atom. The third-order valence-corrected chi connectivity index (χ3v) is 4.37. The molecule has 1 saturated carbocycles. The number of fused-ring (bicyclic) bond motifs is 3. The van der Waals surface area contributed by atoms with Gasteiger partial charge in [0, 0.05) is 30.6 Å². The third kappa shape index (κ3) is 1.22. The number of nitrogens with zero attached hydrogens (tertiary/aromatic N) is 1. The van der Waals surface area contributed by atoms with Crippen LogP contribution in [0.2, 0.25) is 0 Å². The minimum atomic E-state index is 0.231. The summed E-state index contributed by atoms with van der Waals surface area (Å²) in [5.41, 5.74) is 1.24. The zero-order chi connectivity index (χ0) is 10.6. The Bertz CT molecular complexity index is 374. The summed E-state index contributed by atoms with van der Waals surface area (Å²) in [5, 5.41) is 0. The molecule has 3 unspecified atom stereocenters. The molecule has 3 rings (SSSR count). The summed E-state index contributed by atoms with van der Waals surface area (Å²) in [5.74, 6) is 1.63. The van der Waals surface area contributed by atoms with Crippen molar-refractivity contribution in [2.45, 2.75) is 25.3 Å². The maximum Gasteiger partial charge on any atom is 0.172 e. The molecule has 0 spiro atoms. The maximum absolute atomic E-state index is 11.6. The van der Waals surface area contributed by atoms with Crippen LogP contribution in [0.25, 0.3) is 0 Å². The van der Waals surface area contributed by atoms with E-state index in [1.54, 1.807) is 0 Å². The van der Waals surface area contributed by atoms with Gasteiger partial charge in [0.15, 0.2) is 5.78 Å². The Morgan fingerprint density at radius 2 is 2.40 bits per heavy atom. The lowest BCUT2D eigenvalue weighted by Gasteiger charge is -2.34. The van der Waals surface area contributed by atoms with Crippen LogP contribution in [0, 0.1) is 11.8 Å². The van der Waals surface area contributed by atoms with Gasteiger partial charge in [-0.05, 0) is 18.8 Å². The summed E-state index contributed by atoms with van der Waals surface area (Å²) in [7, 11) is 0. The van der Waals surface area contributed by atoms with E-state index < -0.39 is 0 Å². The molecule has 2 aliphatic heterocycles. The van der Waals surface area contributed by atoms with Crippen LogP contribution in [0.15, 0.2) is 23.3 Å². The van der Waals surface area contributed by atoms with Crippen molar-refractivity contribution in [2.75, 3.05) is 6.54 Å². The van der Waals surface area contributed by atoms with Gasteiger partial charge in [-0.2, -0.15) is 0 Å². The molecule has 2 nitrogen and oxygen atoms in total. The third-order valence-electron chi connectivity index (χ3n) is 3.89. The molecule has 1 aliphatic carbocycles. The predicted molar refractivity (Wildman–Crippen MR) is 62.5 cm³/mol. The summed E-state index contributed by atoms with van der Waals surface area (Å²) >= 11 is 4.39. The largest absolute Gasteiger partial charge is 0.370 e. The molecule has 2 fully saturated rings. The minimum absolute atomic E-state index is 0.231. The average Bonchev–Trinajstić information content (AvgIpc) is 2.93. The maximum atomic E-state index is 11.6. The molecule has 0 N–H and O–H groups in total. The van der Waals surface area contributed by atoms with Crippen molar-refractivity contribution in [3.8, 4) is 0 Å². The van der Waals surface area contributed by atoms with Gasteiger partial charge in [0.1, 0.15) is 0 Å². The topological polar surface area (TPSA) is 20.3 Å². The van der Waals surface area contributed by atoms with Gasteiger partial charge in [0.2, 0.25) is 0 Å². The lowest BCUT2D eigenvalue weighted by Crippen LogP contribution is -2.37.